The van der Waals surface area contributed by atoms with E-state index in [1.54, 1.807) is 24.3 Å². The molecule has 5 nitrogen and oxygen atoms in total. The van der Waals surface area contributed by atoms with Crippen LogP contribution in [0.4, 0.5) is 10.1 Å². The van der Waals surface area contributed by atoms with Gasteiger partial charge in [-0.25, -0.2) is 4.39 Å². The Labute approximate surface area is 129 Å². The fraction of sp³-hybridized carbons (Fsp3) is 0. The van der Waals surface area contributed by atoms with E-state index >= 15 is 0 Å². The molecule has 0 radical (unpaired) electrons. The van der Waals surface area contributed by atoms with Crippen LogP contribution in [0.3, 0.4) is 0 Å². The van der Waals surface area contributed by atoms with Gasteiger partial charge >= 0.3 is 11.8 Å². The van der Waals surface area contributed by atoms with Gasteiger partial charge in [0.2, 0.25) is 5.89 Å². The first kappa shape index (κ1) is 14.2. The number of aromatic nitrogens is 2. The van der Waals surface area contributed by atoms with Gasteiger partial charge in [0.15, 0.2) is 0 Å². The molecule has 1 aromatic heterocycles. The minimum atomic E-state index is -0.576. The lowest BCUT2D eigenvalue weighted by Gasteiger charge is -2.01. The van der Waals surface area contributed by atoms with Crippen LogP contribution in [0.1, 0.15) is 10.7 Å². The number of benzene rings is 2. The van der Waals surface area contributed by atoms with Crippen molar-refractivity contribution < 1.29 is 13.6 Å². The molecule has 110 valence electrons. The first-order valence-electron chi connectivity index (χ1n) is 6.28. The zero-order chi connectivity index (χ0) is 15.5. The summed E-state index contributed by atoms with van der Waals surface area (Å²) in [7, 11) is 0. The largest absolute Gasteiger partial charge is 0.412 e. The Balaban J connectivity index is 1.78. The van der Waals surface area contributed by atoms with E-state index in [2.05, 4.69) is 15.5 Å². The Kier molecular flexibility index (Phi) is 3.84. The summed E-state index contributed by atoms with van der Waals surface area (Å²) in [6.07, 6.45) is 0. The first-order valence-corrected chi connectivity index (χ1v) is 6.66. The van der Waals surface area contributed by atoms with Gasteiger partial charge in [0.05, 0.1) is 0 Å². The number of carbonyl (C=O) groups is 1. The fourth-order valence-electron chi connectivity index (χ4n) is 1.77. The zero-order valence-electron chi connectivity index (χ0n) is 11.1. The van der Waals surface area contributed by atoms with E-state index in [4.69, 9.17) is 16.0 Å². The van der Waals surface area contributed by atoms with E-state index in [0.717, 1.165) is 0 Å². The molecule has 1 N–H and O–H groups in total. The lowest BCUT2D eigenvalue weighted by atomic mass is 10.2. The third kappa shape index (κ3) is 3.12. The maximum Gasteiger partial charge on any atom is 0.313 e. The van der Waals surface area contributed by atoms with Crippen LogP contribution in [0.15, 0.2) is 52.9 Å². The van der Waals surface area contributed by atoms with Crippen molar-refractivity contribution in [2.24, 2.45) is 0 Å². The second kappa shape index (κ2) is 5.95. The molecule has 0 bridgehead atoms. The second-order valence-electron chi connectivity index (χ2n) is 4.38. The molecule has 0 fully saturated rings. The molecule has 22 heavy (non-hydrogen) atoms. The summed E-state index contributed by atoms with van der Waals surface area (Å²) in [5, 5.41) is 10.6. The predicted octanol–water partition coefficient (Wildman–Crippen LogP) is 3.78. The summed E-state index contributed by atoms with van der Waals surface area (Å²) in [6, 6.07) is 12.2. The average molecular weight is 318 g/mol. The molecule has 0 aliphatic heterocycles. The highest BCUT2D eigenvalue weighted by Crippen LogP contribution is 2.21. The number of anilines is 1. The number of hydrogen-bond donors (Lipinski definition) is 1. The van der Waals surface area contributed by atoms with Crippen molar-refractivity contribution in [3.63, 3.8) is 0 Å². The van der Waals surface area contributed by atoms with Crippen LogP contribution >= 0.6 is 11.6 Å². The zero-order valence-corrected chi connectivity index (χ0v) is 11.8. The SMILES string of the molecule is O=C(Nc1ccc(F)cc1)c1nnc(-c2cccc(Cl)c2)o1. The second-order valence-corrected chi connectivity index (χ2v) is 4.82. The van der Waals surface area contributed by atoms with Crippen LogP contribution in [0.2, 0.25) is 5.02 Å². The van der Waals surface area contributed by atoms with Crippen LogP contribution < -0.4 is 5.32 Å². The van der Waals surface area contributed by atoms with Crippen LogP contribution in [-0.4, -0.2) is 16.1 Å². The van der Waals surface area contributed by atoms with E-state index in [0.29, 0.717) is 16.3 Å². The summed E-state index contributed by atoms with van der Waals surface area (Å²) in [4.78, 5) is 12.0. The molecule has 0 aliphatic carbocycles. The van der Waals surface area contributed by atoms with Gasteiger partial charge in [-0.05, 0) is 42.5 Å². The number of carbonyl (C=O) groups excluding carboxylic acids is 1. The quantitative estimate of drug-likeness (QED) is 0.798. The minimum absolute atomic E-state index is 0.187. The van der Waals surface area contributed by atoms with Crippen molar-refractivity contribution in [2.45, 2.75) is 0 Å². The smallest absolute Gasteiger partial charge is 0.313 e. The number of halogens is 2. The van der Waals surface area contributed by atoms with Crippen LogP contribution in [0, 0.1) is 5.82 Å². The summed E-state index contributed by atoms with van der Waals surface area (Å²) in [6.45, 7) is 0. The van der Waals surface area contributed by atoms with Gasteiger partial charge in [-0.15, -0.1) is 10.2 Å². The Morgan fingerprint density at radius 3 is 2.64 bits per heavy atom. The maximum atomic E-state index is 12.8. The average Bonchev–Trinajstić information content (AvgIpc) is 3.00. The molecule has 1 amide bonds. The van der Waals surface area contributed by atoms with E-state index in [9.17, 15) is 9.18 Å². The van der Waals surface area contributed by atoms with Crippen molar-refractivity contribution in [1.29, 1.82) is 0 Å². The number of nitrogens with zero attached hydrogens (tertiary/aromatic N) is 2. The first-order chi connectivity index (χ1) is 10.6. The molecule has 0 unspecified atom stereocenters. The van der Waals surface area contributed by atoms with Gasteiger partial charge < -0.3 is 9.73 Å². The van der Waals surface area contributed by atoms with Gasteiger partial charge in [0.1, 0.15) is 5.82 Å². The number of nitrogens with one attached hydrogen (secondary N) is 1. The third-order valence-electron chi connectivity index (χ3n) is 2.79. The number of rotatable bonds is 3. The Bertz CT molecular complexity index is 818. The Morgan fingerprint density at radius 1 is 1.14 bits per heavy atom. The summed E-state index contributed by atoms with van der Waals surface area (Å²) < 4.78 is 18.1. The monoisotopic (exact) mass is 317 g/mol. The standard InChI is InChI=1S/C15H9ClFN3O2/c16-10-3-1-2-9(8-10)14-19-20-15(22-14)13(21)18-12-6-4-11(17)5-7-12/h1-8H,(H,18,21). The van der Waals surface area contributed by atoms with Gasteiger partial charge in [0.25, 0.3) is 0 Å². The fourth-order valence-corrected chi connectivity index (χ4v) is 1.96. The topological polar surface area (TPSA) is 68.0 Å². The molecule has 0 spiro atoms. The van der Waals surface area contributed by atoms with E-state index < -0.39 is 5.91 Å². The molecule has 1 heterocycles. The molecule has 3 rings (SSSR count). The van der Waals surface area contributed by atoms with E-state index in [1.165, 1.54) is 24.3 Å². The molecule has 0 atom stereocenters. The van der Waals surface area contributed by atoms with Crippen molar-refractivity contribution in [2.75, 3.05) is 5.32 Å². The minimum Gasteiger partial charge on any atom is -0.412 e. The van der Waals surface area contributed by atoms with Crippen molar-refractivity contribution in [3.8, 4) is 11.5 Å². The van der Waals surface area contributed by atoms with Crippen molar-refractivity contribution in [1.82, 2.24) is 10.2 Å². The molecule has 0 saturated carbocycles. The third-order valence-corrected chi connectivity index (χ3v) is 3.03. The van der Waals surface area contributed by atoms with Gasteiger partial charge in [-0.1, -0.05) is 17.7 Å². The lowest BCUT2D eigenvalue weighted by molar-refractivity contribution is 0.0991. The van der Waals surface area contributed by atoms with Crippen LogP contribution in [0.25, 0.3) is 11.5 Å². The highest BCUT2D eigenvalue weighted by atomic mass is 35.5. The summed E-state index contributed by atoms with van der Waals surface area (Å²) in [5.41, 5.74) is 1.04. The van der Waals surface area contributed by atoms with Gasteiger partial charge in [-0.3, -0.25) is 4.79 Å². The highest BCUT2D eigenvalue weighted by molar-refractivity contribution is 6.30. The Morgan fingerprint density at radius 2 is 1.91 bits per heavy atom. The van der Waals surface area contributed by atoms with E-state index in [-0.39, 0.29) is 17.6 Å². The maximum absolute atomic E-state index is 12.8. The van der Waals surface area contributed by atoms with Crippen molar-refractivity contribution >= 4 is 23.2 Å². The predicted molar refractivity (Wildman–Crippen MR) is 79.1 cm³/mol. The highest BCUT2D eigenvalue weighted by Gasteiger charge is 2.16. The Hall–Kier alpha value is -2.73. The summed E-state index contributed by atoms with van der Waals surface area (Å²) >= 11 is 5.88. The molecule has 3 aromatic rings. The van der Waals surface area contributed by atoms with Crippen LogP contribution in [-0.2, 0) is 0 Å². The van der Waals surface area contributed by atoms with Crippen molar-refractivity contribution in [3.05, 3.63) is 65.3 Å². The van der Waals surface area contributed by atoms with Crippen LogP contribution in [0.5, 0.6) is 0 Å². The molecular weight excluding hydrogens is 309 g/mol. The van der Waals surface area contributed by atoms with Gasteiger partial charge in [-0.2, -0.15) is 0 Å². The lowest BCUT2D eigenvalue weighted by Crippen LogP contribution is -2.12. The molecule has 7 heteroatoms. The normalized spacial score (nSPS) is 10.5. The molecular formula is C15H9ClFN3O2. The number of hydrogen-bond acceptors (Lipinski definition) is 4. The number of amides is 1. The molecule has 0 aliphatic rings. The summed E-state index contributed by atoms with van der Waals surface area (Å²) in [5.74, 6) is -0.975. The van der Waals surface area contributed by atoms with Gasteiger partial charge in [0, 0.05) is 16.3 Å². The van der Waals surface area contributed by atoms with E-state index in [1.807, 2.05) is 0 Å². The molecule has 0 saturated heterocycles. The molecule has 2 aromatic carbocycles.